The van der Waals surface area contributed by atoms with Crippen LogP contribution in [0, 0.1) is 4.58 Å². The fraction of sp³-hybridized carbons (Fsp3) is 0.800. The van der Waals surface area contributed by atoms with Gasteiger partial charge in [-0.2, -0.15) is 26.3 Å². The molecule has 150 valence electrons. The maximum atomic E-state index is 12.5. The van der Waals surface area contributed by atoms with Crippen LogP contribution in [-0.4, -0.2) is 46.0 Å². The number of sulfone groups is 2. The SMILES string of the molecule is CC(C)NC(=O)NC(C)C[C-](S(=O)(=O)C(F)(F)F)S(=O)(=O)C(F)(F)F. The molecule has 7 nitrogen and oxygen atoms in total. The first-order valence-electron chi connectivity index (χ1n) is 6.39. The number of carbonyl (C=O) groups excluding carboxylic acids is 1. The average molecular weight is 421 g/mol. The van der Waals surface area contributed by atoms with Crippen molar-refractivity contribution in [2.75, 3.05) is 0 Å². The Hall–Kier alpha value is -1.25. The van der Waals surface area contributed by atoms with Crippen molar-refractivity contribution < 1.29 is 48.0 Å². The molecule has 1 unspecified atom stereocenters. The molecule has 0 saturated heterocycles. The first-order chi connectivity index (χ1) is 10.8. The lowest BCUT2D eigenvalue weighted by molar-refractivity contribution is -0.0456. The Morgan fingerprint density at radius 2 is 1.24 bits per heavy atom. The number of urea groups is 1. The highest BCUT2D eigenvalue weighted by Gasteiger charge is 2.53. The predicted octanol–water partition coefficient (Wildman–Crippen LogP) is 1.83. The van der Waals surface area contributed by atoms with Gasteiger partial charge in [-0.3, -0.25) is 16.8 Å². The third-order valence-electron chi connectivity index (χ3n) is 2.48. The molecular formula is C10H15F6N2O5S2-. The second kappa shape index (κ2) is 7.55. The van der Waals surface area contributed by atoms with Crippen LogP contribution in [0.3, 0.4) is 0 Å². The highest BCUT2D eigenvalue weighted by atomic mass is 32.3. The third kappa shape index (κ3) is 5.90. The van der Waals surface area contributed by atoms with Crippen molar-refractivity contribution >= 4 is 25.7 Å². The van der Waals surface area contributed by atoms with E-state index in [0.717, 1.165) is 6.92 Å². The summed E-state index contributed by atoms with van der Waals surface area (Å²) < 4.78 is 118. The number of nitrogens with one attached hydrogen (secondary N) is 2. The molecule has 0 rings (SSSR count). The molecule has 0 aromatic rings. The summed E-state index contributed by atoms with van der Waals surface area (Å²) in [6, 6.07) is -3.15. The highest BCUT2D eigenvalue weighted by Crippen LogP contribution is 2.42. The van der Waals surface area contributed by atoms with Gasteiger partial charge in [-0.1, -0.05) is 4.58 Å². The Labute approximate surface area is 140 Å². The van der Waals surface area contributed by atoms with Crippen molar-refractivity contribution in [3.63, 3.8) is 0 Å². The van der Waals surface area contributed by atoms with Gasteiger partial charge in [-0.25, -0.2) is 4.79 Å². The van der Waals surface area contributed by atoms with Crippen molar-refractivity contribution in [2.24, 2.45) is 0 Å². The molecule has 2 N–H and O–H groups in total. The third-order valence-corrected chi connectivity index (χ3v) is 6.55. The van der Waals surface area contributed by atoms with Crippen molar-refractivity contribution in [2.45, 2.75) is 50.3 Å². The number of carbonyl (C=O) groups is 1. The molecule has 2 amide bonds. The summed E-state index contributed by atoms with van der Waals surface area (Å²) in [5.41, 5.74) is -12.5. The molecule has 0 heterocycles. The summed E-state index contributed by atoms with van der Waals surface area (Å²) in [7, 11) is -13.6. The van der Waals surface area contributed by atoms with Crippen molar-refractivity contribution in [1.29, 1.82) is 0 Å². The molecule has 0 aromatic heterocycles. The summed E-state index contributed by atoms with van der Waals surface area (Å²) in [6.07, 6.45) is -1.73. The quantitative estimate of drug-likeness (QED) is 0.502. The van der Waals surface area contributed by atoms with Gasteiger partial charge >= 0.3 is 17.0 Å². The zero-order valence-corrected chi connectivity index (χ0v) is 14.6. The van der Waals surface area contributed by atoms with Crippen LogP contribution < -0.4 is 10.6 Å². The Bertz CT molecular complexity index is 640. The second-order valence-corrected chi connectivity index (χ2v) is 9.33. The van der Waals surface area contributed by atoms with Crippen LogP contribution in [0.1, 0.15) is 27.2 Å². The smallest absolute Gasteiger partial charge is 0.338 e. The van der Waals surface area contributed by atoms with Gasteiger partial charge in [-0.15, -0.1) is 6.42 Å². The number of hydrogen-bond acceptors (Lipinski definition) is 5. The van der Waals surface area contributed by atoms with Crippen LogP contribution in [0.5, 0.6) is 0 Å². The standard InChI is InChI=1S/C10H15F6N2O5S2/c1-5(2)17-8(19)18-6(3)4-7(24(20,21)9(11,12)13)25(22,23)10(14,15)16/h5-6H,4H2,1-3H3,(H2,17,18,19)/q-1. The Morgan fingerprint density at radius 1 is 0.880 bits per heavy atom. The molecule has 0 saturated carbocycles. The molecule has 0 aliphatic heterocycles. The lowest BCUT2D eigenvalue weighted by atomic mass is 10.2. The van der Waals surface area contributed by atoms with Gasteiger partial charge in [0.2, 0.25) is 0 Å². The summed E-state index contributed by atoms with van der Waals surface area (Å²) in [4.78, 5) is 11.4. The van der Waals surface area contributed by atoms with Gasteiger partial charge in [0.1, 0.15) is 19.7 Å². The summed E-state index contributed by atoms with van der Waals surface area (Å²) in [5, 5.41) is 4.04. The number of amides is 2. The maximum absolute atomic E-state index is 12.5. The van der Waals surface area contributed by atoms with E-state index in [1.54, 1.807) is 0 Å². The fourth-order valence-corrected chi connectivity index (χ4v) is 4.63. The molecule has 1 atom stereocenters. The number of hydrogen-bond donors (Lipinski definition) is 2. The van der Waals surface area contributed by atoms with E-state index in [4.69, 9.17) is 0 Å². The molecule has 0 aromatic carbocycles. The van der Waals surface area contributed by atoms with Gasteiger partial charge in [0.15, 0.2) is 0 Å². The number of alkyl halides is 6. The predicted molar refractivity (Wildman–Crippen MR) is 74.1 cm³/mol. The maximum Gasteiger partial charge on any atom is 0.469 e. The van der Waals surface area contributed by atoms with Crippen LogP contribution in [0.15, 0.2) is 0 Å². The molecule has 15 heteroatoms. The van der Waals surface area contributed by atoms with E-state index < -0.39 is 59.8 Å². The highest BCUT2D eigenvalue weighted by molar-refractivity contribution is 8.13. The van der Waals surface area contributed by atoms with E-state index in [0.29, 0.717) is 0 Å². The molecule has 0 bridgehead atoms. The van der Waals surface area contributed by atoms with E-state index in [9.17, 15) is 48.0 Å². The van der Waals surface area contributed by atoms with Crippen molar-refractivity contribution in [1.82, 2.24) is 10.6 Å². The van der Waals surface area contributed by atoms with E-state index in [1.807, 2.05) is 5.32 Å². The van der Waals surface area contributed by atoms with Crippen LogP contribution in [0.25, 0.3) is 0 Å². The van der Waals surface area contributed by atoms with Crippen molar-refractivity contribution in [3.8, 4) is 0 Å². The van der Waals surface area contributed by atoms with Gasteiger partial charge in [0, 0.05) is 12.1 Å². The Balaban J connectivity index is 5.79. The zero-order chi connectivity index (χ0) is 20.4. The summed E-state index contributed by atoms with van der Waals surface area (Å²) in [6.45, 7) is 3.83. The first kappa shape index (κ1) is 23.8. The van der Waals surface area contributed by atoms with Crippen LogP contribution in [-0.2, 0) is 19.7 Å². The molecule has 0 radical (unpaired) electrons. The lowest BCUT2D eigenvalue weighted by Gasteiger charge is -2.33. The van der Waals surface area contributed by atoms with Gasteiger partial charge in [0.25, 0.3) is 0 Å². The normalized spacial score (nSPS) is 15.3. The first-order valence-corrected chi connectivity index (χ1v) is 9.36. The van der Waals surface area contributed by atoms with E-state index >= 15 is 0 Å². The van der Waals surface area contributed by atoms with Crippen LogP contribution >= 0.6 is 0 Å². The molecule has 25 heavy (non-hydrogen) atoms. The summed E-state index contributed by atoms with van der Waals surface area (Å²) >= 11 is 0. The van der Waals surface area contributed by atoms with Crippen molar-refractivity contribution in [3.05, 3.63) is 4.58 Å². The fourth-order valence-electron chi connectivity index (χ4n) is 1.45. The number of halogens is 6. The van der Waals surface area contributed by atoms with E-state index in [-0.39, 0.29) is 0 Å². The summed E-state index contributed by atoms with van der Waals surface area (Å²) in [5.74, 6) is 0. The van der Waals surface area contributed by atoms with Gasteiger partial charge < -0.3 is 10.6 Å². The Kier molecular flexibility index (Phi) is 7.17. The number of rotatable bonds is 6. The monoisotopic (exact) mass is 421 g/mol. The minimum Gasteiger partial charge on any atom is -0.338 e. The zero-order valence-electron chi connectivity index (χ0n) is 13.0. The molecule has 0 fully saturated rings. The molecule has 0 spiro atoms. The minimum atomic E-state index is -6.80. The van der Waals surface area contributed by atoms with Gasteiger partial charge in [0.05, 0.1) is 0 Å². The molecule has 0 aliphatic carbocycles. The molecule has 0 aliphatic rings. The second-order valence-electron chi connectivity index (χ2n) is 5.15. The Morgan fingerprint density at radius 3 is 1.52 bits per heavy atom. The minimum absolute atomic E-state index is 0.450. The van der Waals surface area contributed by atoms with Crippen LogP contribution in [0.2, 0.25) is 0 Å². The topological polar surface area (TPSA) is 109 Å². The van der Waals surface area contributed by atoms with Crippen LogP contribution in [0.4, 0.5) is 31.1 Å². The lowest BCUT2D eigenvalue weighted by Crippen LogP contribution is -2.47. The average Bonchev–Trinajstić information content (AvgIpc) is 2.31. The van der Waals surface area contributed by atoms with E-state index in [2.05, 4.69) is 5.32 Å². The van der Waals surface area contributed by atoms with E-state index in [1.165, 1.54) is 13.8 Å². The molecular weight excluding hydrogens is 406 g/mol. The largest absolute Gasteiger partial charge is 0.469 e. The van der Waals surface area contributed by atoms with Gasteiger partial charge in [-0.05, 0) is 20.8 Å².